The lowest BCUT2D eigenvalue weighted by atomic mass is 10.0. The first kappa shape index (κ1) is 20.1. The second kappa shape index (κ2) is 9.55. The number of hydrogen-bond donors (Lipinski definition) is 2. The Morgan fingerprint density at radius 2 is 2.22 bits per heavy atom. The van der Waals surface area contributed by atoms with Gasteiger partial charge in [-0.25, -0.2) is 0 Å². The van der Waals surface area contributed by atoms with Crippen LogP contribution in [0, 0.1) is 6.92 Å². The molecule has 146 valence electrons. The van der Waals surface area contributed by atoms with Crippen molar-refractivity contribution in [1.82, 2.24) is 10.2 Å². The number of aliphatic imine (C=N–C) groups is 1. The van der Waals surface area contributed by atoms with Crippen LogP contribution in [0.2, 0.25) is 4.34 Å². The van der Waals surface area contributed by atoms with E-state index in [0.717, 1.165) is 30.5 Å². The smallest absolute Gasteiger partial charge is 0.194 e. The van der Waals surface area contributed by atoms with Gasteiger partial charge in [0.05, 0.1) is 24.0 Å². The fraction of sp³-hybridized carbons (Fsp3) is 0.450. The molecule has 0 bridgehead atoms. The van der Waals surface area contributed by atoms with E-state index in [2.05, 4.69) is 34.3 Å². The highest BCUT2D eigenvalue weighted by Crippen LogP contribution is 2.27. The average molecular weight is 408 g/mol. The molecule has 1 aliphatic heterocycles. The maximum atomic E-state index is 10.4. The van der Waals surface area contributed by atoms with Crippen molar-refractivity contribution in [2.75, 3.05) is 32.8 Å². The zero-order chi connectivity index (χ0) is 19.2. The van der Waals surface area contributed by atoms with Gasteiger partial charge >= 0.3 is 0 Å². The SMILES string of the molecule is CCNC(=NCC(O)c1ccc(Cl)s1)N1CCOC(c2ccccc2C)C1. The molecule has 3 rings (SSSR count). The average Bonchev–Trinajstić information content (AvgIpc) is 3.12. The number of guanidine groups is 1. The van der Waals surface area contributed by atoms with Gasteiger partial charge in [-0.2, -0.15) is 0 Å². The fourth-order valence-corrected chi connectivity index (χ4v) is 4.21. The third-order valence-electron chi connectivity index (χ3n) is 4.57. The molecule has 7 heteroatoms. The molecule has 1 aromatic heterocycles. The maximum absolute atomic E-state index is 10.4. The summed E-state index contributed by atoms with van der Waals surface area (Å²) >= 11 is 7.35. The van der Waals surface area contributed by atoms with E-state index >= 15 is 0 Å². The lowest BCUT2D eigenvalue weighted by Gasteiger charge is -2.36. The number of aryl methyl sites for hydroxylation is 1. The number of thiophene rings is 1. The van der Waals surface area contributed by atoms with E-state index in [-0.39, 0.29) is 6.10 Å². The van der Waals surface area contributed by atoms with Gasteiger partial charge in [0.2, 0.25) is 0 Å². The molecule has 0 aliphatic carbocycles. The summed E-state index contributed by atoms with van der Waals surface area (Å²) in [6, 6.07) is 12.0. The van der Waals surface area contributed by atoms with E-state index in [1.165, 1.54) is 22.5 Å². The van der Waals surface area contributed by atoms with Gasteiger partial charge in [-0.3, -0.25) is 4.99 Å². The zero-order valence-electron chi connectivity index (χ0n) is 15.7. The normalized spacial score (nSPS) is 19.2. The Labute approximate surface area is 169 Å². The molecule has 0 spiro atoms. The van der Waals surface area contributed by atoms with Gasteiger partial charge in [0.25, 0.3) is 0 Å². The van der Waals surface area contributed by atoms with Crippen LogP contribution >= 0.6 is 22.9 Å². The molecule has 2 unspecified atom stereocenters. The number of hydrogen-bond acceptors (Lipinski definition) is 4. The van der Waals surface area contributed by atoms with Crippen molar-refractivity contribution in [1.29, 1.82) is 0 Å². The number of morpholine rings is 1. The van der Waals surface area contributed by atoms with Crippen LogP contribution in [0.5, 0.6) is 0 Å². The number of nitrogens with one attached hydrogen (secondary N) is 1. The summed E-state index contributed by atoms with van der Waals surface area (Å²) in [5.41, 5.74) is 2.45. The third-order valence-corrected chi connectivity index (χ3v) is 5.91. The molecule has 1 saturated heterocycles. The van der Waals surface area contributed by atoms with Crippen LogP contribution in [0.1, 0.15) is 35.1 Å². The van der Waals surface area contributed by atoms with Crippen LogP contribution in [-0.2, 0) is 4.74 Å². The summed E-state index contributed by atoms with van der Waals surface area (Å²) in [5, 5.41) is 13.7. The predicted molar refractivity (Wildman–Crippen MR) is 112 cm³/mol. The van der Waals surface area contributed by atoms with E-state index in [9.17, 15) is 5.11 Å². The highest BCUT2D eigenvalue weighted by atomic mass is 35.5. The molecule has 0 saturated carbocycles. The summed E-state index contributed by atoms with van der Waals surface area (Å²) in [5.74, 6) is 0.807. The largest absolute Gasteiger partial charge is 0.386 e. The Kier molecular flexibility index (Phi) is 7.13. The van der Waals surface area contributed by atoms with Crippen LogP contribution in [0.25, 0.3) is 0 Å². The van der Waals surface area contributed by atoms with Crippen LogP contribution in [0.15, 0.2) is 41.4 Å². The van der Waals surface area contributed by atoms with E-state index in [1.54, 1.807) is 6.07 Å². The number of halogens is 1. The third kappa shape index (κ3) is 5.23. The van der Waals surface area contributed by atoms with E-state index in [4.69, 9.17) is 16.3 Å². The first-order valence-electron chi connectivity index (χ1n) is 9.22. The van der Waals surface area contributed by atoms with Crippen LogP contribution < -0.4 is 5.32 Å². The summed E-state index contributed by atoms with van der Waals surface area (Å²) < 4.78 is 6.69. The number of aliphatic hydroxyl groups is 1. The van der Waals surface area contributed by atoms with Crippen LogP contribution in [0.4, 0.5) is 0 Å². The number of ether oxygens (including phenoxy) is 1. The van der Waals surface area contributed by atoms with E-state index in [1.807, 2.05) is 25.1 Å². The molecule has 27 heavy (non-hydrogen) atoms. The molecule has 5 nitrogen and oxygen atoms in total. The summed E-state index contributed by atoms with van der Waals surface area (Å²) in [7, 11) is 0. The molecule has 1 fully saturated rings. The van der Waals surface area contributed by atoms with Gasteiger partial charge in [0, 0.05) is 18.0 Å². The van der Waals surface area contributed by atoms with Crippen LogP contribution in [0.3, 0.4) is 0 Å². The molecule has 1 aromatic carbocycles. The van der Waals surface area contributed by atoms with Crippen molar-refractivity contribution in [3.8, 4) is 0 Å². The number of benzene rings is 1. The second-order valence-corrected chi connectivity index (χ2v) is 8.26. The summed E-state index contributed by atoms with van der Waals surface area (Å²) in [6.07, 6.45) is -0.630. The Balaban J connectivity index is 1.70. The minimum atomic E-state index is -0.649. The monoisotopic (exact) mass is 407 g/mol. The van der Waals surface area contributed by atoms with Gasteiger partial charge in [0.1, 0.15) is 12.2 Å². The Morgan fingerprint density at radius 1 is 1.41 bits per heavy atom. The molecule has 2 heterocycles. The van der Waals surface area contributed by atoms with Crippen molar-refractivity contribution in [2.24, 2.45) is 4.99 Å². The second-order valence-electron chi connectivity index (χ2n) is 6.51. The Bertz CT molecular complexity index is 780. The number of aliphatic hydroxyl groups excluding tert-OH is 1. The highest BCUT2D eigenvalue weighted by molar-refractivity contribution is 7.16. The first-order chi connectivity index (χ1) is 13.1. The number of rotatable bonds is 5. The molecule has 2 N–H and O–H groups in total. The first-order valence-corrected chi connectivity index (χ1v) is 10.4. The summed E-state index contributed by atoms with van der Waals surface area (Å²) in [6.45, 7) is 7.38. The van der Waals surface area contributed by atoms with Gasteiger partial charge in [-0.15, -0.1) is 11.3 Å². The molecule has 2 atom stereocenters. The quantitative estimate of drug-likeness (QED) is 0.585. The lowest BCUT2D eigenvalue weighted by molar-refractivity contribution is -0.00839. The zero-order valence-corrected chi connectivity index (χ0v) is 17.3. The number of nitrogens with zero attached hydrogens (tertiary/aromatic N) is 2. The van der Waals surface area contributed by atoms with Gasteiger partial charge in [0.15, 0.2) is 5.96 Å². The highest BCUT2D eigenvalue weighted by Gasteiger charge is 2.25. The molecule has 2 aromatic rings. The van der Waals surface area contributed by atoms with Gasteiger partial charge < -0.3 is 20.1 Å². The Morgan fingerprint density at radius 3 is 2.93 bits per heavy atom. The van der Waals surface area contributed by atoms with E-state index < -0.39 is 6.10 Å². The topological polar surface area (TPSA) is 57.1 Å². The van der Waals surface area contributed by atoms with Crippen molar-refractivity contribution >= 4 is 28.9 Å². The summed E-state index contributed by atoms with van der Waals surface area (Å²) in [4.78, 5) is 7.70. The Hall–Kier alpha value is -1.60. The van der Waals surface area contributed by atoms with Gasteiger partial charge in [-0.05, 0) is 37.1 Å². The minimum Gasteiger partial charge on any atom is -0.386 e. The minimum absolute atomic E-state index is 0.0184. The van der Waals surface area contributed by atoms with Crippen LogP contribution in [-0.4, -0.2) is 48.8 Å². The van der Waals surface area contributed by atoms with Crippen molar-refractivity contribution in [3.05, 3.63) is 56.7 Å². The van der Waals surface area contributed by atoms with Crippen molar-refractivity contribution < 1.29 is 9.84 Å². The fourth-order valence-electron chi connectivity index (χ4n) is 3.17. The molecule has 0 amide bonds. The molecular weight excluding hydrogens is 382 g/mol. The van der Waals surface area contributed by atoms with Gasteiger partial charge in [-0.1, -0.05) is 35.9 Å². The maximum Gasteiger partial charge on any atom is 0.194 e. The van der Waals surface area contributed by atoms with Crippen molar-refractivity contribution in [2.45, 2.75) is 26.1 Å². The molecule has 0 radical (unpaired) electrons. The van der Waals surface area contributed by atoms with E-state index in [0.29, 0.717) is 17.5 Å². The molecule has 1 aliphatic rings. The van der Waals surface area contributed by atoms with Crippen molar-refractivity contribution in [3.63, 3.8) is 0 Å². The predicted octanol–water partition coefficient (Wildman–Crippen LogP) is 3.78. The lowest BCUT2D eigenvalue weighted by Crippen LogP contribution is -2.48. The molecular formula is C20H26ClN3O2S. The standard InChI is InChI=1S/C20H26ClN3O2S/c1-3-22-20(23-12-16(25)18-8-9-19(21)27-18)24-10-11-26-17(13-24)15-7-5-4-6-14(15)2/h4-9,16-17,25H,3,10-13H2,1-2H3,(H,22,23).